The van der Waals surface area contributed by atoms with Gasteiger partial charge in [0.15, 0.2) is 0 Å². The average molecular weight is 200 g/mol. The highest BCUT2D eigenvalue weighted by Crippen LogP contribution is 2.10. The molecule has 0 aromatic heterocycles. The van der Waals surface area contributed by atoms with Gasteiger partial charge in [0.1, 0.15) is 6.17 Å². The Balaban J connectivity index is 2.81. The van der Waals surface area contributed by atoms with Crippen molar-refractivity contribution in [3.05, 3.63) is 4.91 Å². The summed E-state index contributed by atoms with van der Waals surface area (Å²) in [6, 6.07) is -1.77. The van der Waals surface area contributed by atoms with Crippen LogP contribution in [0.2, 0.25) is 0 Å². The number of nitrogens with one attached hydrogen (secondary N) is 1. The van der Waals surface area contributed by atoms with Gasteiger partial charge >= 0.3 is 6.03 Å². The van der Waals surface area contributed by atoms with Gasteiger partial charge < -0.3 is 10.6 Å². The number of hydrogen-bond acceptors (Lipinski definition) is 5. The van der Waals surface area contributed by atoms with E-state index in [4.69, 9.17) is 5.73 Å². The minimum absolute atomic E-state index is 0.395. The lowest BCUT2D eigenvalue weighted by Crippen LogP contribution is -2.65. The first kappa shape index (κ1) is 10.6. The van der Waals surface area contributed by atoms with Crippen LogP contribution in [0.1, 0.15) is 13.3 Å². The minimum Gasteiger partial charge on any atom is -0.309 e. The Hall–Kier alpha value is -1.50. The third kappa shape index (κ3) is 1.72. The molecule has 3 amide bonds. The van der Waals surface area contributed by atoms with Crippen molar-refractivity contribution in [3.63, 3.8) is 0 Å². The van der Waals surface area contributed by atoms with Crippen molar-refractivity contribution in [2.75, 3.05) is 6.54 Å². The lowest BCUT2D eigenvalue weighted by molar-refractivity contribution is -0.124. The Morgan fingerprint density at radius 1 is 1.57 bits per heavy atom. The second-order valence-corrected chi connectivity index (χ2v) is 3.03. The lowest BCUT2D eigenvalue weighted by Gasteiger charge is -2.34. The molecule has 0 saturated carbocycles. The summed E-state index contributed by atoms with van der Waals surface area (Å²) in [5.41, 5.74) is 5.55. The summed E-state index contributed by atoms with van der Waals surface area (Å²) >= 11 is 0. The Morgan fingerprint density at radius 2 is 2.21 bits per heavy atom. The number of imide groups is 1. The third-order valence-corrected chi connectivity index (χ3v) is 2.02. The zero-order valence-corrected chi connectivity index (χ0v) is 7.77. The van der Waals surface area contributed by atoms with E-state index >= 15 is 0 Å². The molecule has 7 heteroatoms. The number of urea groups is 1. The van der Waals surface area contributed by atoms with Crippen LogP contribution < -0.4 is 11.1 Å². The van der Waals surface area contributed by atoms with E-state index in [1.165, 1.54) is 4.90 Å². The number of nitroso groups, excluding NO2 is 1. The number of rotatable bonds is 3. The summed E-state index contributed by atoms with van der Waals surface area (Å²) < 4.78 is 0. The van der Waals surface area contributed by atoms with E-state index in [9.17, 15) is 14.5 Å². The van der Waals surface area contributed by atoms with Gasteiger partial charge in [-0.1, -0.05) is 12.1 Å². The molecule has 2 unspecified atom stereocenters. The Kier molecular flexibility index (Phi) is 3.13. The van der Waals surface area contributed by atoms with E-state index in [1.807, 2.05) is 12.2 Å². The normalized spacial score (nSPS) is 27.4. The number of carbonyl (C=O) groups is 2. The van der Waals surface area contributed by atoms with E-state index < -0.39 is 24.1 Å². The summed E-state index contributed by atoms with van der Waals surface area (Å²) in [4.78, 5) is 33.8. The van der Waals surface area contributed by atoms with E-state index in [2.05, 4.69) is 5.18 Å². The van der Waals surface area contributed by atoms with Gasteiger partial charge in [0, 0.05) is 6.54 Å². The topological polar surface area (TPSA) is 105 Å². The van der Waals surface area contributed by atoms with Crippen molar-refractivity contribution in [3.8, 4) is 0 Å². The van der Waals surface area contributed by atoms with Crippen molar-refractivity contribution < 1.29 is 9.59 Å². The highest BCUT2D eigenvalue weighted by molar-refractivity contribution is 6.00. The molecule has 7 nitrogen and oxygen atoms in total. The molecule has 0 aliphatic carbocycles. The second-order valence-electron chi connectivity index (χ2n) is 3.03. The molecule has 1 rings (SSSR count). The zero-order chi connectivity index (χ0) is 10.7. The van der Waals surface area contributed by atoms with Crippen LogP contribution in [0.3, 0.4) is 0 Å². The summed E-state index contributed by atoms with van der Waals surface area (Å²) in [6.07, 6.45) is -0.255. The molecule has 1 heterocycles. The largest absolute Gasteiger partial charge is 0.325 e. The molecule has 0 bridgehead atoms. The van der Waals surface area contributed by atoms with Gasteiger partial charge in [-0.15, -0.1) is 4.91 Å². The van der Waals surface area contributed by atoms with E-state index in [0.29, 0.717) is 13.0 Å². The van der Waals surface area contributed by atoms with Crippen molar-refractivity contribution in [2.45, 2.75) is 25.6 Å². The fourth-order valence-electron chi connectivity index (χ4n) is 1.31. The molecule has 1 aliphatic rings. The molecule has 1 fully saturated rings. The average Bonchev–Trinajstić information content (AvgIpc) is 2.12. The maximum atomic E-state index is 11.2. The molecule has 0 aromatic rings. The van der Waals surface area contributed by atoms with E-state index in [1.54, 1.807) is 0 Å². The zero-order valence-electron chi connectivity index (χ0n) is 7.77. The van der Waals surface area contributed by atoms with Gasteiger partial charge in [0.25, 0.3) is 5.91 Å². The van der Waals surface area contributed by atoms with Crippen LogP contribution in [-0.2, 0) is 4.79 Å². The van der Waals surface area contributed by atoms with Crippen LogP contribution in [0, 0.1) is 4.91 Å². The number of nitrogens with zero attached hydrogens (tertiary/aromatic N) is 2. The van der Waals surface area contributed by atoms with Crippen LogP contribution in [0.4, 0.5) is 4.79 Å². The third-order valence-electron chi connectivity index (χ3n) is 2.02. The van der Waals surface area contributed by atoms with Crippen molar-refractivity contribution >= 4 is 11.9 Å². The molecule has 14 heavy (non-hydrogen) atoms. The van der Waals surface area contributed by atoms with E-state index in [-0.39, 0.29) is 0 Å². The van der Waals surface area contributed by atoms with Gasteiger partial charge in [-0.25, -0.2) is 4.79 Å². The molecule has 0 spiro atoms. The first-order valence-corrected chi connectivity index (χ1v) is 4.31. The molecular formula is C7H12N4O3. The SMILES string of the molecule is CCCN1C(=O)NC(=O)C(N=O)C1N. The quantitative estimate of drug-likeness (QED) is 0.591. The Labute approximate surface area is 80.6 Å². The fraction of sp³-hybridized carbons (Fsp3) is 0.714. The number of amides is 3. The molecule has 3 N–H and O–H groups in total. The molecule has 0 radical (unpaired) electrons. The predicted molar refractivity (Wildman–Crippen MR) is 48.1 cm³/mol. The smallest absolute Gasteiger partial charge is 0.309 e. The molecule has 2 atom stereocenters. The lowest BCUT2D eigenvalue weighted by atomic mass is 10.1. The van der Waals surface area contributed by atoms with Crippen LogP contribution in [0.5, 0.6) is 0 Å². The molecule has 1 aliphatic heterocycles. The van der Waals surface area contributed by atoms with Gasteiger partial charge in [-0.2, -0.15) is 0 Å². The highest BCUT2D eigenvalue weighted by atomic mass is 16.3. The summed E-state index contributed by atoms with van der Waals surface area (Å²) in [6.45, 7) is 2.26. The van der Waals surface area contributed by atoms with Crippen molar-refractivity contribution in [1.82, 2.24) is 10.2 Å². The molecule has 78 valence electrons. The molecule has 0 aromatic carbocycles. The summed E-state index contributed by atoms with van der Waals surface area (Å²) in [5, 5.41) is 4.62. The maximum absolute atomic E-state index is 11.2. The van der Waals surface area contributed by atoms with Crippen molar-refractivity contribution in [2.24, 2.45) is 10.9 Å². The number of carbonyl (C=O) groups excluding carboxylic acids is 2. The fourth-order valence-corrected chi connectivity index (χ4v) is 1.31. The highest BCUT2D eigenvalue weighted by Gasteiger charge is 2.39. The van der Waals surface area contributed by atoms with Crippen LogP contribution in [0.25, 0.3) is 0 Å². The van der Waals surface area contributed by atoms with Crippen LogP contribution in [0.15, 0.2) is 5.18 Å². The summed E-state index contributed by atoms with van der Waals surface area (Å²) in [5.74, 6) is -0.732. The van der Waals surface area contributed by atoms with Gasteiger partial charge in [-0.05, 0) is 6.42 Å². The number of nitrogens with two attached hydrogens (primary N) is 1. The van der Waals surface area contributed by atoms with Gasteiger partial charge in [0.05, 0.1) is 0 Å². The summed E-state index contributed by atoms with van der Waals surface area (Å²) in [7, 11) is 0. The second kappa shape index (κ2) is 4.14. The predicted octanol–water partition coefficient (Wildman–Crippen LogP) is -0.632. The Morgan fingerprint density at radius 3 is 2.71 bits per heavy atom. The maximum Gasteiger partial charge on any atom is 0.325 e. The monoisotopic (exact) mass is 200 g/mol. The van der Waals surface area contributed by atoms with Gasteiger partial charge in [0.2, 0.25) is 6.04 Å². The van der Waals surface area contributed by atoms with Crippen LogP contribution >= 0.6 is 0 Å². The van der Waals surface area contributed by atoms with Crippen molar-refractivity contribution in [1.29, 1.82) is 0 Å². The first-order chi connectivity index (χ1) is 6.61. The van der Waals surface area contributed by atoms with E-state index in [0.717, 1.165) is 0 Å². The first-order valence-electron chi connectivity index (χ1n) is 4.31. The Bertz CT molecular complexity index is 268. The minimum atomic E-state index is -1.21. The number of hydrogen-bond donors (Lipinski definition) is 2. The standard InChI is InChI=1S/C7H12N4O3/c1-2-3-11-5(8)4(10-14)6(12)9-7(11)13/h4-5H,2-3,8H2,1H3,(H,9,12,13). The molecule has 1 saturated heterocycles. The molecular weight excluding hydrogens is 188 g/mol. The van der Waals surface area contributed by atoms with Crippen LogP contribution in [-0.4, -0.2) is 35.6 Å². The van der Waals surface area contributed by atoms with Gasteiger partial charge in [-0.3, -0.25) is 10.1 Å².